The molecule has 1 aliphatic rings. The number of methoxy groups -OCH3 is 1. The summed E-state index contributed by atoms with van der Waals surface area (Å²) in [5.74, 6) is 2.31. The second kappa shape index (κ2) is 5.93. The summed E-state index contributed by atoms with van der Waals surface area (Å²) in [7, 11) is 1.65. The summed E-state index contributed by atoms with van der Waals surface area (Å²) in [6.45, 7) is 1.46. The van der Waals surface area contributed by atoms with E-state index in [1.54, 1.807) is 19.2 Å². The van der Waals surface area contributed by atoms with Gasteiger partial charge in [0.25, 0.3) is 0 Å². The number of phenols is 1. The van der Waals surface area contributed by atoms with Crippen LogP contribution in [0.1, 0.15) is 11.1 Å². The van der Waals surface area contributed by atoms with Crippen LogP contribution in [-0.4, -0.2) is 19.0 Å². The zero-order chi connectivity index (χ0) is 14.7. The summed E-state index contributed by atoms with van der Waals surface area (Å²) in [5.41, 5.74) is 1.93. The molecule has 2 aromatic rings. The average molecular weight is 287 g/mol. The molecule has 0 unspecified atom stereocenters. The number of hydrogen-bond donors (Lipinski definition) is 2. The fourth-order valence-electron chi connectivity index (χ4n) is 2.20. The number of hydrogen-bond acceptors (Lipinski definition) is 5. The van der Waals surface area contributed by atoms with Crippen LogP contribution in [0.4, 0.5) is 0 Å². The lowest BCUT2D eigenvalue weighted by atomic mass is 10.1. The van der Waals surface area contributed by atoms with Gasteiger partial charge in [-0.1, -0.05) is 12.1 Å². The van der Waals surface area contributed by atoms with Crippen molar-refractivity contribution in [3.8, 4) is 23.0 Å². The Morgan fingerprint density at radius 3 is 2.52 bits per heavy atom. The third-order valence-corrected chi connectivity index (χ3v) is 3.38. The van der Waals surface area contributed by atoms with Gasteiger partial charge in [0, 0.05) is 24.7 Å². The van der Waals surface area contributed by atoms with E-state index in [0.29, 0.717) is 24.6 Å². The van der Waals surface area contributed by atoms with Crippen LogP contribution in [0.3, 0.4) is 0 Å². The van der Waals surface area contributed by atoms with E-state index in [0.717, 1.165) is 16.9 Å². The van der Waals surface area contributed by atoms with E-state index in [2.05, 4.69) is 5.32 Å². The zero-order valence-electron chi connectivity index (χ0n) is 11.8. The summed E-state index contributed by atoms with van der Waals surface area (Å²) in [5, 5.41) is 13.2. The van der Waals surface area contributed by atoms with Gasteiger partial charge in [0.05, 0.1) is 7.11 Å². The monoisotopic (exact) mass is 287 g/mol. The molecule has 0 saturated carbocycles. The summed E-state index contributed by atoms with van der Waals surface area (Å²) < 4.78 is 15.6. The lowest BCUT2D eigenvalue weighted by Gasteiger charge is -2.09. The molecule has 2 aromatic carbocycles. The number of rotatable bonds is 5. The molecule has 3 rings (SSSR count). The Morgan fingerprint density at radius 1 is 1.10 bits per heavy atom. The maximum absolute atomic E-state index is 9.95. The van der Waals surface area contributed by atoms with Gasteiger partial charge in [-0.2, -0.15) is 0 Å². The molecular weight excluding hydrogens is 270 g/mol. The van der Waals surface area contributed by atoms with E-state index in [4.69, 9.17) is 14.2 Å². The first kappa shape index (κ1) is 13.6. The maximum Gasteiger partial charge on any atom is 0.231 e. The van der Waals surface area contributed by atoms with E-state index >= 15 is 0 Å². The average Bonchev–Trinajstić information content (AvgIpc) is 2.95. The number of benzene rings is 2. The Bertz CT molecular complexity index is 625. The van der Waals surface area contributed by atoms with Crippen molar-refractivity contribution >= 4 is 0 Å². The number of aromatic hydroxyl groups is 1. The first-order valence-corrected chi connectivity index (χ1v) is 6.71. The van der Waals surface area contributed by atoms with Crippen LogP contribution in [0.2, 0.25) is 0 Å². The van der Waals surface area contributed by atoms with E-state index in [9.17, 15) is 5.11 Å². The summed E-state index contributed by atoms with van der Waals surface area (Å²) >= 11 is 0. The van der Waals surface area contributed by atoms with Crippen LogP contribution in [-0.2, 0) is 13.1 Å². The number of fused-ring (bicyclic) bond motifs is 1. The van der Waals surface area contributed by atoms with Gasteiger partial charge < -0.3 is 24.6 Å². The van der Waals surface area contributed by atoms with Crippen LogP contribution in [0.5, 0.6) is 23.0 Å². The van der Waals surface area contributed by atoms with Crippen LogP contribution in [0, 0.1) is 0 Å². The highest BCUT2D eigenvalue weighted by Gasteiger charge is 2.16. The molecule has 0 aliphatic carbocycles. The third-order valence-electron chi connectivity index (χ3n) is 3.38. The molecule has 1 aliphatic heterocycles. The largest absolute Gasteiger partial charge is 0.507 e. The van der Waals surface area contributed by atoms with Gasteiger partial charge >= 0.3 is 0 Å². The van der Waals surface area contributed by atoms with Crippen LogP contribution in [0.15, 0.2) is 36.4 Å². The molecule has 0 fully saturated rings. The number of phenolic OH excluding ortho intramolecular Hbond substituents is 1. The van der Waals surface area contributed by atoms with Crippen molar-refractivity contribution in [2.24, 2.45) is 0 Å². The molecule has 21 heavy (non-hydrogen) atoms. The quantitative estimate of drug-likeness (QED) is 0.884. The van der Waals surface area contributed by atoms with Gasteiger partial charge in [-0.05, 0) is 23.8 Å². The van der Waals surface area contributed by atoms with E-state index < -0.39 is 0 Å². The Balaban J connectivity index is 1.60. The zero-order valence-corrected chi connectivity index (χ0v) is 11.8. The lowest BCUT2D eigenvalue weighted by molar-refractivity contribution is 0.174. The minimum atomic E-state index is 0.206. The van der Waals surface area contributed by atoms with E-state index in [-0.39, 0.29) is 12.5 Å². The van der Waals surface area contributed by atoms with Crippen molar-refractivity contribution in [1.29, 1.82) is 0 Å². The smallest absolute Gasteiger partial charge is 0.231 e. The van der Waals surface area contributed by atoms with Crippen molar-refractivity contribution in [2.45, 2.75) is 13.1 Å². The Labute approximate surface area is 123 Å². The molecule has 2 N–H and O–H groups in total. The van der Waals surface area contributed by atoms with Crippen molar-refractivity contribution in [3.63, 3.8) is 0 Å². The van der Waals surface area contributed by atoms with Crippen molar-refractivity contribution < 1.29 is 19.3 Å². The Hall–Kier alpha value is -2.40. The highest BCUT2D eigenvalue weighted by Crippen LogP contribution is 2.37. The minimum absolute atomic E-state index is 0.206. The third kappa shape index (κ3) is 3.03. The van der Waals surface area contributed by atoms with Crippen LogP contribution in [0.25, 0.3) is 0 Å². The standard InChI is InChI=1S/C16H17NO4/c1-19-13-4-2-11(3-5-13)8-17-9-12-6-15-16(7-14(12)18)21-10-20-15/h2-7,17-18H,8-10H2,1H3. The highest BCUT2D eigenvalue weighted by atomic mass is 16.7. The van der Waals surface area contributed by atoms with Gasteiger partial charge in [0.2, 0.25) is 6.79 Å². The van der Waals surface area contributed by atoms with Gasteiger partial charge in [-0.15, -0.1) is 0 Å². The minimum Gasteiger partial charge on any atom is -0.507 e. The first-order chi connectivity index (χ1) is 10.3. The molecule has 5 nitrogen and oxygen atoms in total. The fraction of sp³-hybridized carbons (Fsp3) is 0.250. The Morgan fingerprint density at radius 2 is 1.81 bits per heavy atom. The number of ether oxygens (including phenoxy) is 3. The highest BCUT2D eigenvalue weighted by molar-refractivity contribution is 5.51. The van der Waals surface area contributed by atoms with Crippen molar-refractivity contribution in [3.05, 3.63) is 47.5 Å². The molecule has 5 heteroatoms. The van der Waals surface area contributed by atoms with Crippen LogP contribution < -0.4 is 19.5 Å². The molecule has 110 valence electrons. The molecule has 0 aromatic heterocycles. The van der Waals surface area contributed by atoms with Crippen LogP contribution >= 0.6 is 0 Å². The SMILES string of the molecule is COc1ccc(CNCc2cc3c(cc2O)OCO3)cc1. The fourth-order valence-corrected chi connectivity index (χ4v) is 2.20. The molecule has 0 spiro atoms. The predicted molar refractivity (Wildman–Crippen MR) is 77.8 cm³/mol. The summed E-state index contributed by atoms with van der Waals surface area (Å²) in [6.07, 6.45) is 0. The van der Waals surface area contributed by atoms with Gasteiger partial charge in [0.1, 0.15) is 11.5 Å². The summed E-state index contributed by atoms with van der Waals surface area (Å²) in [6, 6.07) is 11.3. The molecule has 1 heterocycles. The van der Waals surface area contributed by atoms with Gasteiger partial charge in [0.15, 0.2) is 11.5 Å². The van der Waals surface area contributed by atoms with Gasteiger partial charge in [-0.25, -0.2) is 0 Å². The first-order valence-electron chi connectivity index (χ1n) is 6.71. The van der Waals surface area contributed by atoms with Crippen molar-refractivity contribution in [1.82, 2.24) is 5.32 Å². The second-order valence-corrected chi connectivity index (χ2v) is 4.79. The molecule has 0 radical (unpaired) electrons. The molecular formula is C16H17NO4. The topological polar surface area (TPSA) is 60.0 Å². The molecule has 0 amide bonds. The Kier molecular flexibility index (Phi) is 3.83. The molecule has 0 saturated heterocycles. The summed E-state index contributed by atoms with van der Waals surface area (Å²) in [4.78, 5) is 0. The lowest BCUT2D eigenvalue weighted by Crippen LogP contribution is -2.12. The molecule has 0 bridgehead atoms. The second-order valence-electron chi connectivity index (χ2n) is 4.79. The molecule has 0 atom stereocenters. The number of nitrogens with one attached hydrogen (secondary N) is 1. The van der Waals surface area contributed by atoms with Gasteiger partial charge in [-0.3, -0.25) is 0 Å². The van der Waals surface area contributed by atoms with Crippen molar-refractivity contribution in [2.75, 3.05) is 13.9 Å². The maximum atomic E-state index is 9.95. The van der Waals surface area contributed by atoms with E-state index in [1.165, 1.54) is 0 Å². The predicted octanol–water partition coefficient (Wildman–Crippen LogP) is 2.42. The van der Waals surface area contributed by atoms with E-state index in [1.807, 2.05) is 24.3 Å². The normalized spacial score (nSPS) is 12.4.